The lowest BCUT2D eigenvalue weighted by molar-refractivity contribution is -0.193. The summed E-state index contributed by atoms with van der Waals surface area (Å²) < 4.78 is 68.6. The summed E-state index contributed by atoms with van der Waals surface area (Å²) in [4.78, 5) is 34.0. The van der Waals surface area contributed by atoms with Gasteiger partial charge in [-0.15, -0.1) is 0 Å². The van der Waals surface area contributed by atoms with Gasteiger partial charge in [-0.3, -0.25) is 4.79 Å². The van der Waals surface area contributed by atoms with Gasteiger partial charge in [-0.05, 0) is 38.1 Å². The lowest BCUT2D eigenvalue weighted by atomic mass is 10.0. The first-order valence-electron chi connectivity index (χ1n) is 9.38. The Morgan fingerprint density at radius 2 is 1.21 bits per heavy atom. The zero-order valence-corrected chi connectivity index (χ0v) is 18.4. The van der Waals surface area contributed by atoms with Crippen molar-refractivity contribution in [2.24, 2.45) is 5.73 Å². The molecule has 0 aliphatic carbocycles. The van der Waals surface area contributed by atoms with Crippen molar-refractivity contribution in [1.82, 2.24) is 4.90 Å². The van der Waals surface area contributed by atoms with Crippen LogP contribution >= 0.6 is 0 Å². The second-order valence-corrected chi connectivity index (χ2v) is 7.30. The molecule has 4 N–H and O–H groups in total. The quantitative estimate of drug-likeness (QED) is 0.534. The number of alkyl halides is 6. The highest BCUT2D eigenvalue weighted by Gasteiger charge is 2.38. The zero-order valence-electron chi connectivity index (χ0n) is 18.4. The third-order valence-corrected chi connectivity index (χ3v) is 4.04. The number of halogens is 6. The molecule has 0 atom stereocenters. The molecule has 1 saturated heterocycles. The second kappa shape index (κ2) is 12.3. The van der Waals surface area contributed by atoms with Crippen LogP contribution in [-0.4, -0.2) is 84.1 Å². The number of hydrogen-bond donors (Lipinski definition) is 3. The van der Waals surface area contributed by atoms with Crippen LogP contribution in [0, 0.1) is 0 Å². The minimum Gasteiger partial charge on any atom is -0.497 e. The number of carbonyl (C=O) groups is 3. The second-order valence-electron chi connectivity index (χ2n) is 7.30. The van der Waals surface area contributed by atoms with E-state index in [-0.39, 0.29) is 5.91 Å². The first kappa shape index (κ1) is 30.8. The SMILES string of the molecule is COc1ccc(N2CCN(C(=O)C(C)(C)N)CC2)cc1.O=C(O)C(F)(F)F.O=C(O)C(F)(F)F. The minimum absolute atomic E-state index is 0.0203. The molecule has 0 spiro atoms. The van der Waals surface area contributed by atoms with Crippen LogP contribution in [0.1, 0.15) is 13.8 Å². The Morgan fingerprint density at radius 1 is 0.853 bits per heavy atom. The van der Waals surface area contributed by atoms with E-state index in [4.69, 9.17) is 30.3 Å². The first-order valence-corrected chi connectivity index (χ1v) is 9.38. The van der Waals surface area contributed by atoms with Gasteiger partial charge in [0, 0.05) is 31.9 Å². The summed E-state index contributed by atoms with van der Waals surface area (Å²) in [5, 5.41) is 14.2. The number of rotatable bonds is 3. The van der Waals surface area contributed by atoms with Gasteiger partial charge < -0.3 is 30.5 Å². The summed E-state index contributed by atoms with van der Waals surface area (Å²) in [6.07, 6.45) is -10.2. The summed E-state index contributed by atoms with van der Waals surface area (Å²) in [5.41, 5.74) is 6.24. The summed E-state index contributed by atoms with van der Waals surface area (Å²) in [6.45, 7) is 6.59. The summed E-state index contributed by atoms with van der Waals surface area (Å²) in [7, 11) is 1.66. The van der Waals surface area contributed by atoms with Crippen LogP contribution in [0.3, 0.4) is 0 Å². The maximum absolute atomic E-state index is 12.1. The predicted octanol–water partition coefficient (Wildman–Crippen LogP) is 2.35. The van der Waals surface area contributed by atoms with Crippen LogP contribution in [0.15, 0.2) is 24.3 Å². The van der Waals surface area contributed by atoms with Crippen molar-refractivity contribution in [3.63, 3.8) is 0 Å². The van der Waals surface area contributed by atoms with Crippen molar-refractivity contribution >= 4 is 23.5 Å². The van der Waals surface area contributed by atoms with E-state index < -0.39 is 29.8 Å². The van der Waals surface area contributed by atoms with E-state index in [9.17, 15) is 31.1 Å². The molecule has 0 bridgehead atoms. The molecule has 0 radical (unpaired) electrons. The van der Waals surface area contributed by atoms with Gasteiger partial charge >= 0.3 is 24.3 Å². The third kappa shape index (κ3) is 11.1. The molecule has 1 aromatic carbocycles. The maximum Gasteiger partial charge on any atom is 0.490 e. The number of nitrogens with two attached hydrogens (primary N) is 1. The fourth-order valence-electron chi connectivity index (χ4n) is 2.37. The number of anilines is 1. The van der Waals surface area contributed by atoms with Gasteiger partial charge in [0.05, 0.1) is 12.6 Å². The van der Waals surface area contributed by atoms with E-state index in [1.807, 2.05) is 29.2 Å². The topological polar surface area (TPSA) is 133 Å². The van der Waals surface area contributed by atoms with Crippen LogP contribution in [-0.2, 0) is 14.4 Å². The van der Waals surface area contributed by atoms with Crippen molar-refractivity contribution in [3.05, 3.63) is 24.3 Å². The van der Waals surface area contributed by atoms with Crippen LogP contribution in [0.5, 0.6) is 5.75 Å². The van der Waals surface area contributed by atoms with Gasteiger partial charge in [0.2, 0.25) is 5.91 Å². The molecular weight excluding hydrogens is 480 g/mol. The Bertz CT molecular complexity index is 790. The molecule has 34 heavy (non-hydrogen) atoms. The summed E-state index contributed by atoms with van der Waals surface area (Å²) in [6, 6.07) is 8.00. The number of nitrogens with zero attached hydrogens (tertiary/aromatic N) is 2. The minimum atomic E-state index is -5.08. The Balaban J connectivity index is 0.000000642. The molecule has 0 saturated carbocycles. The molecule has 194 valence electrons. The van der Waals surface area contributed by atoms with Gasteiger partial charge in [-0.25, -0.2) is 9.59 Å². The monoisotopic (exact) mass is 505 g/mol. The number of ether oxygens (including phenoxy) is 1. The molecule has 0 unspecified atom stereocenters. The van der Waals surface area contributed by atoms with Crippen molar-refractivity contribution in [2.75, 3.05) is 38.2 Å². The number of piperazine rings is 1. The van der Waals surface area contributed by atoms with Gasteiger partial charge in [-0.1, -0.05) is 0 Å². The van der Waals surface area contributed by atoms with Crippen LogP contribution < -0.4 is 15.4 Å². The molecular formula is C19H25F6N3O6. The molecule has 2 rings (SSSR count). The van der Waals surface area contributed by atoms with Crippen LogP contribution in [0.2, 0.25) is 0 Å². The Hall–Kier alpha value is -3.23. The van der Waals surface area contributed by atoms with E-state index in [1.54, 1.807) is 21.0 Å². The van der Waals surface area contributed by atoms with E-state index in [1.165, 1.54) is 0 Å². The summed E-state index contributed by atoms with van der Waals surface area (Å²) >= 11 is 0. The van der Waals surface area contributed by atoms with Crippen molar-refractivity contribution in [2.45, 2.75) is 31.7 Å². The molecule has 0 aromatic heterocycles. The molecule has 1 aliphatic heterocycles. The highest BCUT2D eigenvalue weighted by Crippen LogP contribution is 2.21. The van der Waals surface area contributed by atoms with E-state index in [0.717, 1.165) is 24.5 Å². The van der Waals surface area contributed by atoms with Crippen molar-refractivity contribution < 1.29 is 55.7 Å². The largest absolute Gasteiger partial charge is 0.497 e. The lowest BCUT2D eigenvalue weighted by Gasteiger charge is -2.38. The number of methoxy groups -OCH3 is 1. The normalized spacial score (nSPS) is 14.2. The highest BCUT2D eigenvalue weighted by atomic mass is 19.4. The number of carboxylic acids is 2. The molecule has 1 heterocycles. The van der Waals surface area contributed by atoms with Crippen LogP contribution in [0.25, 0.3) is 0 Å². The van der Waals surface area contributed by atoms with E-state index in [0.29, 0.717) is 13.1 Å². The molecule has 1 aromatic rings. The fraction of sp³-hybridized carbons (Fsp3) is 0.526. The van der Waals surface area contributed by atoms with Gasteiger partial charge in [0.25, 0.3) is 0 Å². The highest BCUT2D eigenvalue weighted by molar-refractivity contribution is 5.85. The standard InChI is InChI=1S/C15H23N3O2.2C2HF3O2/c1-15(2,16)14(19)18-10-8-17(9-11-18)12-4-6-13(20-3)7-5-12;2*3-2(4,5)1(6)7/h4-7H,8-11,16H2,1-3H3;2*(H,6,7). The number of benzene rings is 1. The fourth-order valence-corrected chi connectivity index (χ4v) is 2.37. The molecule has 1 fully saturated rings. The molecule has 1 amide bonds. The molecule has 1 aliphatic rings. The number of hydrogen-bond acceptors (Lipinski definition) is 6. The average molecular weight is 505 g/mol. The van der Waals surface area contributed by atoms with E-state index >= 15 is 0 Å². The number of carbonyl (C=O) groups excluding carboxylic acids is 1. The Morgan fingerprint density at radius 3 is 1.47 bits per heavy atom. The average Bonchev–Trinajstić information content (AvgIpc) is 2.72. The molecule has 15 heteroatoms. The van der Waals surface area contributed by atoms with Gasteiger partial charge in [0.15, 0.2) is 0 Å². The Kier molecular flexibility index (Phi) is 11.1. The first-order chi connectivity index (χ1) is 15.3. The molecule has 9 nitrogen and oxygen atoms in total. The number of aliphatic carboxylic acids is 2. The zero-order chi connectivity index (χ0) is 26.9. The Labute approximate surface area is 190 Å². The lowest BCUT2D eigenvalue weighted by Crippen LogP contribution is -2.57. The summed E-state index contributed by atoms with van der Waals surface area (Å²) in [5.74, 6) is -4.64. The smallest absolute Gasteiger partial charge is 0.490 e. The number of amides is 1. The van der Waals surface area contributed by atoms with Crippen molar-refractivity contribution in [1.29, 1.82) is 0 Å². The predicted molar refractivity (Wildman–Crippen MR) is 107 cm³/mol. The number of carboxylic acid groups (broad SMARTS) is 2. The van der Waals surface area contributed by atoms with Crippen molar-refractivity contribution in [3.8, 4) is 5.75 Å². The van der Waals surface area contributed by atoms with Crippen LogP contribution in [0.4, 0.5) is 32.0 Å². The van der Waals surface area contributed by atoms with E-state index in [2.05, 4.69) is 4.90 Å². The maximum atomic E-state index is 12.1. The van der Waals surface area contributed by atoms with Gasteiger partial charge in [0.1, 0.15) is 5.75 Å². The van der Waals surface area contributed by atoms with Gasteiger partial charge in [-0.2, -0.15) is 26.3 Å². The third-order valence-electron chi connectivity index (χ3n) is 4.04.